The van der Waals surface area contributed by atoms with Crippen molar-refractivity contribution in [3.63, 3.8) is 0 Å². The van der Waals surface area contributed by atoms with E-state index in [1.54, 1.807) is 0 Å². The lowest BCUT2D eigenvalue weighted by atomic mass is 10.1. The van der Waals surface area contributed by atoms with E-state index in [1.165, 1.54) is 36.4 Å². The molecule has 2 heterocycles. The fourth-order valence-electron chi connectivity index (χ4n) is 3.64. The minimum atomic E-state index is -0.686. The maximum atomic E-state index is 14.6. The average molecular weight is 459 g/mol. The predicted octanol–water partition coefficient (Wildman–Crippen LogP) is 4.50. The topological polar surface area (TPSA) is 83.3 Å². The van der Waals surface area contributed by atoms with Crippen molar-refractivity contribution < 1.29 is 22.4 Å². The standard InChI is InChI=1S/C23H24F3N5O2/c24-15-8-12-31(13-9-15)11-3-10-27-23-30-29-22(33-23)18-7-6-16(14-20(18)26)28-21(32)17-4-1-2-5-19(17)25/h1-2,4-7,14-15H,3,8-13H2,(H,27,30)(H,28,32). The number of nitrogens with zero attached hydrogens (tertiary/aromatic N) is 3. The van der Waals surface area contributed by atoms with Crippen LogP contribution in [0, 0.1) is 11.6 Å². The summed E-state index contributed by atoms with van der Waals surface area (Å²) < 4.78 is 47.0. The van der Waals surface area contributed by atoms with Gasteiger partial charge in [0.2, 0.25) is 0 Å². The van der Waals surface area contributed by atoms with Crippen molar-refractivity contribution in [3.8, 4) is 11.5 Å². The Hall–Kier alpha value is -3.40. The fourth-order valence-corrected chi connectivity index (χ4v) is 3.64. The van der Waals surface area contributed by atoms with Crippen molar-refractivity contribution in [1.82, 2.24) is 15.1 Å². The second-order valence-electron chi connectivity index (χ2n) is 7.84. The third-order valence-corrected chi connectivity index (χ3v) is 5.45. The molecular weight excluding hydrogens is 435 g/mol. The van der Waals surface area contributed by atoms with Crippen LogP contribution < -0.4 is 10.6 Å². The molecule has 3 aromatic rings. The molecule has 1 aliphatic rings. The van der Waals surface area contributed by atoms with Crippen molar-refractivity contribution in [2.24, 2.45) is 0 Å². The first-order chi connectivity index (χ1) is 16.0. The molecule has 4 rings (SSSR count). The molecule has 33 heavy (non-hydrogen) atoms. The van der Waals surface area contributed by atoms with Crippen molar-refractivity contribution in [2.45, 2.75) is 25.4 Å². The number of alkyl halides is 1. The monoisotopic (exact) mass is 459 g/mol. The molecule has 0 unspecified atom stereocenters. The first-order valence-electron chi connectivity index (χ1n) is 10.8. The molecule has 0 bridgehead atoms. The van der Waals surface area contributed by atoms with Crippen LogP contribution in [0.15, 0.2) is 46.9 Å². The second kappa shape index (κ2) is 10.5. The summed E-state index contributed by atoms with van der Waals surface area (Å²) in [6, 6.07) is 9.67. The van der Waals surface area contributed by atoms with E-state index in [-0.39, 0.29) is 28.7 Å². The molecule has 0 radical (unpaired) electrons. The van der Waals surface area contributed by atoms with Gasteiger partial charge >= 0.3 is 6.01 Å². The van der Waals surface area contributed by atoms with Crippen molar-refractivity contribution in [1.29, 1.82) is 0 Å². The summed E-state index contributed by atoms with van der Waals surface area (Å²) in [7, 11) is 0. The number of aromatic nitrogens is 2. The van der Waals surface area contributed by atoms with E-state index >= 15 is 0 Å². The number of nitrogens with one attached hydrogen (secondary N) is 2. The summed E-state index contributed by atoms with van der Waals surface area (Å²) in [5.74, 6) is -2.03. The highest BCUT2D eigenvalue weighted by Gasteiger charge is 2.18. The Balaban J connectivity index is 1.30. The molecule has 7 nitrogen and oxygen atoms in total. The third kappa shape index (κ3) is 5.89. The maximum absolute atomic E-state index is 14.6. The van der Waals surface area contributed by atoms with Gasteiger partial charge in [-0.15, -0.1) is 5.10 Å². The van der Waals surface area contributed by atoms with Gasteiger partial charge in [0.05, 0.1) is 11.1 Å². The molecule has 1 fully saturated rings. The van der Waals surface area contributed by atoms with Crippen molar-refractivity contribution in [2.75, 3.05) is 36.8 Å². The number of hydrogen-bond acceptors (Lipinski definition) is 6. The highest BCUT2D eigenvalue weighted by atomic mass is 19.1. The number of benzene rings is 2. The van der Waals surface area contributed by atoms with Gasteiger partial charge in [-0.3, -0.25) is 4.79 Å². The zero-order valence-corrected chi connectivity index (χ0v) is 17.9. The molecule has 1 aromatic heterocycles. The molecule has 0 spiro atoms. The summed E-state index contributed by atoms with van der Waals surface area (Å²) in [6.45, 7) is 2.96. The number of carbonyl (C=O) groups excluding carboxylic acids is 1. The molecule has 0 atom stereocenters. The smallest absolute Gasteiger partial charge is 0.315 e. The van der Waals surface area contributed by atoms with Gasteiger partial charge in [0.1, 0.15) is 17.8 Å². The molecule has 0 aliphatic carbocycles. The number of likely N-dealkylation sites (tertiary alicyclic amines) is 1. The van der Waals surface area contributed by atoms with Crippen LogP contribution in [0.5, 0.6) is 0 Å². The number of hydrogen-bond donors (Lipinski definition) is 2. The Labute approximate surface area is 189 Å². The van der Waals surface area contributed by atoms with Crippen LogP contribution >= 0.6 is 0 Å². The van der Waals surface area contributed by atoms with E-state index in [0.717, 1.165) is 32.1 Å². The molecule has 1 amide bonds. The van der Waals surface area contributed by atoms with Gasteiger partial charge in [0.25, 0.3) is 11.8 Å². The van der Waals surface area contributed by atoms with Crippen molar-refractivity contribution in [3.05, 3.63) is 59.7 Å². The highest BCUT2D eigenvalue weighted by Crippen LogP contribution is 2.26. The summed E-state index contributed by atoms with van der Waals surface area (Å²) in [5, 5.41) is 13.2. The van der Waals surface area contributed by atoms with E-state index in [9.17, 15) is 18.0 Å². The van der Waals surface area contributed by atoms with E-state index in [2.05, 4.69) is 25.7 Å². The van der Waals surface area contributed by atoms with Gasteiger partial charge in [-0.25, -0.2) is 13.2 Å². The minimum absolute atomic E-state index is 0.00741. The van der Waals surface area contributed by atoms with Crippen LogP contribution in [-0.2, 0) is 0 Å². The van der Waals surface area contributed by atoms with Crippen LogP contribution in [0.4, 0.5) is 24.9 Å². The number of anilines is 2. The van der Waals surface area contributed by atoms with Crippen LogP contribution in [0.2, 0.25) is 0 Å². The molecular formula is C23H24F3N5O2. The zero-order valence-electron chi connectivity index (χ0n) is 17.9. The Morgan fingerprint density at radius 2 is 1.88 bits per heavy atom. The molecule has 1 saturated heterocycles. The largest absolute Gasteiger partial charge is 0.403 e. The van der Waals surface area contributed by atoms with E-state index in [0.29, 0.717) is 19.4 Å². The Morgan fingerprint density at radius 1 is 1.09 bits per heavy atom. The average Bonchev–Trinajstić information content (AvgIpc) is 3.27. The van der Waals surface area contributed by atoms with Crippen LogP contribution in [0.3, 0.4) is 0 Å². The van der Waals surface area contributed by atoms with Gasteiger partial charge in [-0.05, 0) is 56.1 Å². The normalized spacial score (nSPS) is 14.9. The third-order valence-electron chi connectivity index (χ3n) is 5.45. The Morgan fingerprint density at radius 3 is 2.64 bits per heavy atom. The summed E-state index contributed by atoms with van der Waals surface area (Å²) in [4.78, 5) is 14.4. The highest BCUT2D eigenvalue weighted by molar-refractivity contribution is 6.04. The lowest BCUT2D eigenvalue weighted by Gasteiger charge is -2.28. The first kappa shape index (κ1) is 22.8. The minimum Gasteiger partial charge on any atom is -0.403 e. The van der Waals surface area contributed by atoms with Gasteiger partial charge in [-0.1, -0.05) is 17.2 Å². The molecule has 10 heteroatoms. The van der Waals surface area contributed by atoms with Crippen LogP contribution in [-0.4, -0.2) is 53.4 Å². The summed E-state index contributed by atoms with van der Waals surface area (Å²) >= 11 is 0. The van der Waals surface area contributed by atoms with Gasteiger partial charge < -0.3 is 20.0 Å². The number of carbonyl (C=O) groups is 1. The Bertz CT molecular complexity index is 1100. The van der Waals surface area contributed by atoms with Gasteiger partial charge in [0.15, 0.2) is 0 Å². The van der Waals surface area contributed by atoms with Crippen LogP contribution in [0.25, 0.3) is 11.5 Å². The predicted molar refractivity (Wildman–Crippen MR) is 118 cm³/mol. The lowest BCUT2D eigenvalue weighted by Crippen LogP contribution is -2.35. The fraction of sp³-hybridized carbons (Fsp3) is 0.348. The number of rotatable bonds is 8. The first-order valence-corrected chi connectivity index (χ1v) is 10.8. The second-order valence-corrected chi connectivity index (χ2v) is 7.84. The van der Waals surface area contributed by atoms with Gasteiger partial charge in [0, 0.05) is 25.3 Å². The lowest BCUT2D eigenvalue weighted by molar-refractivity contribution is 0.102. The van der Waals surface area contributed by atoms with E-state index in [4.69, 9.17) is 4.42 Å². The summed E-state index contributed by atoms with van der Waals surface area (Å²) in [6.07, 6.45) is 1.29. The number of piperidine rings is 1. The zero-order chi connectivity index (χ0) is 23.2. The molecule has 174 valence electrons. The molecule has 1 aliphatic heterocycles. The van der Waals surface area contributed by atoms with E-state index in [1.807, 2.05) is 0 Å². The van der Waals surface area contributed by atoms with Crippen molar-refractivity contribution >= 4 is 17.6 Å². The quantitative estimate of drug-likeness (QED) is 0.483. The SMILES string of the molecule is O=C(Nc1ccc(-c2nnc(NCCCN3CCC(F)CC3)o2)c(F)c1)c1ccccc1F. The summed E-state index contributed by atoms with van der Waals surface area (Å²) in [5.41, 5.74) is 0.106. The molecule has 2 aromatic carbocycles. The number of halogens is 3. The maximum Gasteiger partial charge on any atom is 0.315 e. The van der Waals surface area contributed by atoms with Gasteiger partial charge in [-0.2, -0.15) is 0 Å². The molecule has 2 N–H and O–H groups in total. The Kier molecular flexibility index (Phi) is 7.23. The van der Waals surface area contributed by atoms with Crippen LogP contribution in [0.1, 0.15) is 29.6 Å². The molecule has 0 saturated carbocycles. The van der Waals surface area contributed by atoms with E-state index < -0.39 is 23.7 Å². The number of amides is 1.